The van der Waals surface area contributed by atoms with Crippen molar-refractivity contribution in [3.63, 3.8) is 0 Å². The molecule has 0 aliphatic heterocycles. The zero-order valence-electron chi connectivity index (χ0n) is 17.6. The lowest BCUT2D eigenvalue weighted by Crippen LogP contribution is -2.48. The Morgan fingerprint density at radius 1 is 1.32 bits per heavy atom. The van der Waals surface area contributed by atoms with Crippen molar-refractivity contribution in [1.29, 1.82) is 5.26 Å². The van der Waals surface area contributed by atoms with Crippen LogP contribution in [-0.2, 0) is 11.3 Å². The molecule has 0 radical (unpaired) electrons. The zero-order valence-corrected chi connectivity index (χ0v) is 17.6. The highest BCUT2D eigenvalue weighted by molar-refractivity contribution is 5.80. The number of alkyl carbamates (subject to hydrolysis) is 1. The van der Waals surface area contributed by atoms with Gasteiger partial charge in [-0.3, -0.25) is 4.99 Å². The zero-order chi connectivity index (χ0) is 21.0. The van der Waals surface area contributed by atoms with Crippen molar-refractivity contribution in [2.45, 2.75) is 65.1 Å². The van der Waals surface area contributed by atoms with Crippen molar-refractivity contribution in [1.82, 2.24) is 16.0 Å². The Kier molecular flexibility index (Phi) is 9.86. The molecule has 0 aromatic heterocycles. The number of guanidine groups is 1. The van der Waals surface area contributed by atoms with Crippen molar-refractivity contribution in [3.05, 3.63) is 35.4 Å². The average Bonchev–Trinajstić information content (AvgIpc) is 2.65. The normalized spacial score (nSPS) is 12.6. The Bertz CT molecular complexity index is 689. The first-order valence-electron chi connectivity index (χ1n) is 9.70. The third kappa shape index (κ3) is 9.81. The quantitative estimate of drug-likeness (QED) is 0.469. The molecule has 1 unspecified atom stereocenters. The third-order valence-corrected chi connectivity index (χ3v) is 3.88. The number of hydrogen-bond donors (Lipinski definition) is 3. The van der Waals surface area contributed by atoms with Gasteiger partial charge in [0.15, 0.2) is 5.96 Å². The smallest absolute Gasteiger partial charge is 0.407 e. The average molecular weight is 388 g/mol. The van der Waals surface area contributed by atoms with Gasteiger partial charge in [0.1, 0.15) is 5.60 Å². The highest BCUT2D eigenvalue weighted by atomic mass is 16.6. The summed E-state index contributed by atoms with van der Waals surface area (Å²) in [6.45, 7) is 8.65. The summed E-state index contributed by atoms with van der Waals surface area (Å²) < 4.78 is 5.30. The number of ether oxygens (including phenoxy) is 1. The van der Waals surface area contributed by atoms with Gasteiger partial charge in [0.05, 0.1) is 11.6 Å². The summed E-state index contributed by atoms with van der Waals surface area (Å²) in [7, 11) is 1.71. The molecule has 1 aromatic carbocycles. The maximum absolute atomic E-state index is 11.9. The van der Waals surface area contributed by atoms with E-state index in [0.29, 0.717) is 24.6 Å². The molecule has 28 heavy (non-hydrogen) atoms. The number of carbonyl (C=O) groups excluding carboxylic acids is 1. The van der Waals surface area contributed by atoms with Crippen molar-refractivity contribution in [3.8, 4) is 6.07 Å². The SMILES string of the molecule is CCCCC(CNC(=O)OC(C)(C)C)NC(=NC)NCc1cccc(C#N)c1. The lowest BCUT2D eigenvalue weighted by molar-refractivity contribution is 0.0523. The Hall–Kier alpha value is -2.75. The van der Waals surface area contributed by atoms with Gasteiger partial charge < -0.3 is 20.7 Å². The number of rotatable bonds is 8. The van der Waals surface area contributed by atoms with Crippen LogP contribution in [-0.4, -0.2) is 37.3 Å². The molecule has 1 aromatic rings. The van der Waals surface area contributed by atoms with Crippen molar-refractivity contribution in [2.24, 2.45) is 4.99 Å². The summed E-state index contributed by atoms with van der Waals surface area (Å²) in [6, 6.07) is 9.62. The third-order valence-electron chi connectivity index (χ3n) is 3.88. The van der Waals surface area contributed by atoms with Gasteiger partial charge in [-0.25, -0.2) is 4.79 Å². The van der Waals surface area contributed by atoms with E-state index < -0.39 is 11.7 Å². The number of aliphatic imine (C=N–C) groups is 1. The molecule has 7 nitrogen and oxygen atoms in total. The minimum atomic E-state index is -0.522. The fourth-order valence-electron chi connectivity index (χ4n) is 2.52. The molecule has 1 rings (SSSR count). The second-order valence-electron chi connectivity index (χ2n) is 7.60. The fourth-order valence-corrected chi connectivity index (χ4v) is 2.52. The maximum Gasteiger partial charge on any atom is 0.407 e. The number of amides is 1. The maximum atomic E-state index is 11.9. The van der Waals surface area contributed by atoms with Crippen LogP contribution in [0.1, 0.15) is 58.1 Å². The molecule has 0 saturated carbocycles. The summed E-state index contributed by atoms with van der Waals surface area (Å²) in [5, 5.41) is 18.4. The number of unbranched alkanes of at least 4 members (excludes halogenated alkanes) is 1. The molecule has 7 heteroatoms. The summed E-state index contributed by atoms with van der Waals surface area (Å²) in [5.41, 5.74) is 1.11. The molecule has 0 saturated heterocycles. The van der Waals surface area contributed by atoms with Crippen LogP contribution < -0.4 is 16.0 Å². The number of carbonyl (C=O) groups is 1. The van der Waals surface area contributed by atoms with E-state index in [1.165, 1.54) is 0 Å². The van der Waals surface area contributed by atoms with Crippen LogP contribution in [0, 0.1) is 11.3 Å². The van der Waals surface area contributed by atoms with Gasteiger partial charge in [-0.05, 0) is 44.9 Å². The van der Waals surface area contributed by atoms with Crippen LogP contribution in [0.2, 0.25) is 0 Å². The number of nitriles is 1. The molecule has 0 aliphatic rings. The van der Waals surface area contributed by atoms with Gasteiger partial charge in [0, 0.05) is 26.2 Å². The molecule has 0 heterocycles. The van der Waals surface area contributed by atoms with Crippen LogP contribution >= 0.6 is 0 Å². The lowest BCUT2D eigenvalue weighted by atomic mass is 10.1. The predicted octanol–water partition coefficient (Wildman–Crippen LogP) is 3.31. The van der Waals surface area contributed by atoms with Crippen LogP contribution in [0.25, 0.3) is 0 Å². The monoisotopic (exact) mass is 387 g/mol. The number of hydrogen-bond acceptors (Lipinski definition) is 4. The first kappa shape index (κ1) is 23.3. The summed E-state index contributed by atoms with van der Waals surface area (Å²) in [4.78, 5) is 16.2. The highest BCUT2D eigenvalue weighted by Crippen LogP contribution is 2.07. The van der Waals surface area contributed by atoms with E-state index in [1.807, 2.05) is 39.0 Å². The van der Waals surface area contributed by atoms with E-state index in [9.17, 15) is 4.79 Å². The molecule has 1 atom stereocenters. The van der Waals surface area contributed by atoms with E-state index in [0.717, 1.165) is 24.8 Å². The minimum Gasteiger partial charge on any atom is -0.444 e. The molecule has 0 aliphatic carbocycles. The Labute approximate surface area is 168 Å². The van der Waals surface area contributed by atoms with Crippen LogP contribution in [0.5, 0.6) is 0 Å². The second-order valence-corrected chi connectivity index (χ2v) is 7.60. The molecular weight excluding hydrogens is 354 g/mol. The summed E-state index contributed by atoms with van der Waals surface area (Å²) >= 11 is 0. The van der Waals surface area contributed by atoms with Crippen LogP contribution in [0.15, 0.2) is 29.3 Å². The Morgan fingerprint density at radius 3 is 2.68 bits per heavy atom. The molecule has 0 bridgehead atoms. The Balaban J connectivity index is 2.61. The topological polar surface area (TPSA) is 98.5 Å². The first-order chi connectivity index (χ1) is 13.3. The first-order valence-corrected chi connectivity index (χ1v) is 9.70. The second kappa shape index (κ2) is 11.9. The summed E-state index contributed by atoms with van der Waals surface area (Å²) in [5.74, 6) is 0.648. The fraction of sp³-hybridized carbons (Fsp3) is 0.571. The standard InChI is InChI=1S/C21H33N5O2/c1-6-7-11-18(15-25-20(27)28-21(2,3)4)26-19(23-5)24-14-17-10-8-9-16(12-17)13-22/h8-10,12,18H,6-7,11,14-15H2,1-5H3,(H,25,27)(H2,23,24,26). The van der Waals surface area contributed by atoms with E-state index >= 15 is 0 Å². The minimum absolute atomic E-state index is 0.0316. The van der Waals surface area contributed by atoms with Crippen molar-refractivity contribution in [2.75, 3.05) is 13.6 Å². The van der Waals surface area contributed by atoms with E-state index in [4.69, 9.17) is 10.00 Å². The van der Waals surface area contributed by atoms with Crippen molar-refractivity contribution < 1.29 is 9.53 Å². The van der Waals surface area contributed by atoms with Crippen LogP contribution in [0.3, 0.4) is 0 Å². The molecule has 0 spiro atoms. The van der Waals surface area contributed by atoms with E-state index in [-0.39, 0.29) is 6.04 Å². The lowest BCUT2D eigenvalue weighted by Gasteiger charge is -2.24. The molecule has 0 fully saturated rings. The van der Waals surface area contributed by atoms with Crippen molar-refractivity contribution >= 4 is 12.1 Å². The predicted molar refractivity (Wildman–Crippen MR) is 112 cm³/mol. The van der Waals surface area contributed by atoms with Gasteiger partial charge >= 0.3 is 6.09 Å². The van der Waals surface area contributed by atoms with Gasteiger partial charge in [-0.2, -0.15) is 5.26 Å². The van der Waals surface area contributed by atoms with Gasteiger partial charge in [0.2, 0.25) is 0 Å². The molecular formula is C21H33N5O2. The van der Waals surface area contributed by atoms with Gasteiger partial charge in [-0.1, -0.05) is 31.9 Å². The molecule has 3 N–H and O–H groups in total. The van der Waals surface area contributed by atoms with E-state index in [2.05, 4.69) is 33.9 Å². The van der Waals surface area contributed by atoms with E-state index in [1.54, 1.807) is 13.1 Å². The van der Waals surface area contributed by atoms with Gasteiger partial charge in [-0.15, -0.1) is 0 Å². The van der Waals surface area contributed by atoms with Gasteiger partial charge in [0.25, 0.3) is 0 Å². The summed E-state index contributed by atoms with van der Waals surface area (Å²) in [6.07, 6.45) is 2.58. The Morgan fingerprint density at radius 2 is 2.07 bits per heavy atom. The number of benzene rings is 1. The highest BCUT2D eigenvalue weighted by Gasteiger charge is 2.18. The number of nitrogens with one attached hydrogen (secondary N) is 3. The largest absolute Gasteiger partial charge is 0.444 e. The van der Waals surface area contributed by atoms with Crippen LogP contribution in [0.4, 0.5) is 4.79 Å². The molecule has 154 valence electrons. The molecule has 1 amide bonds. The number of nitrogens with zero attached hydrogens (tertiary/aromatic N) is 2.